The molecule has 0 saturated heterocycles. The lowest BCUT2D eigenvalue weighted by Crippen LogP contribution is -1.97. The minimum atomic E-state index is 0.851. The zero-order valence-corrected chi connectivity index (χ0v) is 13.6. The highest BCUT2D eigenvalue weighted by Crippen LogP contribution is 2.00. The lowest BCUT2D eigenvalue weighted by molar-refractivity contribution is 0.913. The standard InChI is InChI=1S/C5H5I2N3.C2H5I/c6-1-4-8-3-9-5(2-7)10-4;1-2-3/h3H,1-2H2;2H2,1H3. The SMILES string of the molecule is CCI.ICc1ncnc(CI)n1. The Morgan fingerprint density at radius 2 is 1.46 bits per heavy atom. The molecule has 0 atom stereocenters. The largest absolute Gasteiger partial charge is 0.221 e. The first-order chi connectivity index (χ1) is 6.28. The van der Waals surface area contributed by atoms with Crippen LogP contribution in [0.15, 0.2) is 6.33 Å². The maximum absolute atomic E-state index is 4.17. The molecule has 0 aliphatic carbocycles. The Labute approximate surface area is 119 Å². The van der Waals surface area contributed by atoms with Crippen LogP contribution in [0.4, 0.5) is 0 Å². The van der Waals surface area contributed by atoms with Crippen molar-refractivity contribution in [3.63, 3.8) is 0 Å². The summed E-state index contributed by atoms with van der Waals surface area (Å²) < 4.78 is 2.92. The molecule has 1 heterocycles. The molecule has 0 aliphatic heterocycles. The minimum Gasteiger partial charge on any atom is -0.221 e. The number of aromatic nitrogens is 3. The molecular formula is C7H10I3N3. The van der Waals surface area contributed by atoms with Crippen molar-refractivity contribution in [1.82, 2.24) is 15.0 Å². The number of rotatable bonds is 2. The van der Waals surface area contributed by atoms with Crippen molar-refractivity contribution in [2.45, 2.75) is 15.8 Å². The van der Waals surface area contributed by atoms with Gasteiger partial charge in [-0.1, -0.05) is 74.7 Å². The quantitative estimate of drug-likeness (QED) is 0.448. The average molecular weight is 517 g/mol. The van der Waals surface area contributed by atoms with Crippen molar-refractivity contribution < 1.29 is 0 Å². The highest BCUT2D eigenvalue weighted by Gasteiger charge is 1.95. The van der Waals surface area contributed by atoms with E-state index < -0.39 is 0 Å². The van der Waals surface area contributed by atoms with E-state index in [9.17, 15) is 0 Å². The van der Waals surface area contributed by atoms with Crippen LogP contribution < -0.4 is 0 Å². The van der Waals surface area contributed by atoms with Crippen molar-refractivity contribution >= 4 is 67.8 Å². The zero-order valence-electron chi connectivity index (χ0n) is 7.17. The number of alkyl halides is 3. The highest BCUT2D eigenvalue weighted by atomic mass is 127. The van der Waals surface area contributed by atoms with Crippen LogP contribution in [-0.2, 0) is 8.86 Å². The molecular weight excluding hydrogens is 507 g/mol. The molecule has 0 radical (unpaired) electrons. The van der Waals surface area contributed by atoms with Gasteiger partial charge in [-0.25, -0.2) is 15.0 Å². The van der Waals surface area contributed by atoms with E-state index in [0.29, 0.717) is 0 Å². The maximum Gasteiger partial charge on any atom is 0.142 e. The van der Waals surface area contributed by atoms with Gasteiger partial charge < -0.3 is 0 Å². The van der Waals surface area contributed by atoms with Gasteiger partial charge in [-0.05, 0) is 4.43 Å². The van der Waals surface area contributed by atoms with Crippen LogP contribution in [-0.4, -0.2) is 19.4 Å². The van der Waals surface area contributed by atoms with E-state index in [2.05, 4.69) is 89.6 Å². The average Bonchev–Trinajstić information content (AvgIpc) is 2.19. The number of nitrogens with zero attached hydrogens (tertiary/aromatic N) is 3. The van der Waals surface area contributed by atoms with Gasteiger partial charge in [-0.15, -0.1) is 0 Å². The van der Waals surface area contributed by atoms with Gasteiger partial charge >= 0.3 is 0 Å². The molecule has 0 fully saturated rings. The number of hydrogen-bond donors (Lipinski definition) is 0. The van der Waals surface area contributed by atoms with Gasteiger partial charge in [0.05, 0.1) is 8.86 Å². The predicted octanol–water partition coefficient (Wildman–Crippen LogP) is 3.18. The van der Waals surface area contributed by atoms with Crippen molar-refractivity contribution in [2.24, 2.45) is 0 Å². The van der Waals surface area contributed by atoms with Gasteiger partial charge in [0.2, 0.25) is 0 Å². The van der Waals surface area contributed by atoms with Crippen LogP contribution in [0, 0.1) is 0 Å². The van der Waals surface area contributed by atoms with Crippen LogP contribution in [0.3, 0.4) is 0 Å². The van der Waals surface area contributed by atoms with E-state index in [4.69, 9.17) is 0 Å². The van der Waals surface area contributed by atoms with E-state index in [-0.39, 0.29) is 0 Å². The monoisotopic (exact) mass is 517 g/mol. The molecule has 13 heavy (non-hydrogen) atoms. The molecule has 1 aromatic heterocycles. The van der Waals surface area contributed by atoms with E-state index in [1.54, 1.807) is 6.33 Å². The Bertz CT molecular complexity index is 213. The summed E-state index contributed by atoms with van der Waals surface area (Å²) >= 11 is 6.75. The Balaban J connectivity index is 0.000000424. The first-order valence-electron chi connectivity index (χ1n) is 3.63. The fourth-order valence-corrected chi connectivity index (χ4v) is 1.23. The molecule has 0 spiro atoms. The Morgan fingerprint density at radius 1 is 1.08 bits per heavy atom. The first-order valence-corrected chi connectivity index (χ1v) is 8.20. The summed E-state index contributed by atoms with van der Waals surface area (Å²) in [6.07, 6.45) is 1.56. The van der Waals surface area contributed by atoms with E-state index in [0.717, 1.165) is 20.5 Å². The third kappa shape index (κ3) is 7.17. The predicted molar refractivity (Wildman–Crippen MR) is 79.8 cm³/mol. The summed E-state index contributed by atoms with van der Waals surface area (Å²) in [5.74, 6) is 1.73. The second kappa shape index (κ2) is 9.74. The summed E-state index contributed by atoms with van der Waals surface area (Å²) in [6.45, 7) is 2.11. The maximum atomic E-state index is 4.17. The first kappa shape index (κ1) is 14.2. The van der Waals surface area contributed by atoms with Gasteiger partial charge in [-0.2, -0.15) is 0 Å². The van der Waals surface area contributed by atoms with E-state index in [1.807, 2.05) is 0 Å². The van der Waals surface area contributed by atoms with Crippen molar-refractivity contribution in [1.29, 1.82) is 0 Å². The van der Waals surface area contributed by atoms with Crippen molar-refractivity contribution in [3.8, 4) is 0 Å². The Kier molecular flexibility index (Phi) is 10.6. The lowest BCUT2D eigenvalue weighted by atomic mass is 10.6. The van der Waals surface area contributed by atoms with E-state index in [1.165, 1.54) is 4.43 Å². The molecule has 0 unspecified atom stereocenters. The van der Waals surface area contributed by atoms with Gasteiger partial charge in [0.15, 0.2) is 0 Å². The molecule has 0 aromatic carbocycles. The topological polar surface area (TPSA) is 38.7 Å². The van der Waals surface area contributed by atoms with Crippen LogP contribution in [0.25, 0.3) is 0 Å². The summed E-state index contributed by atoms with van der Waals surface area (Å²) in [6, 6.07) is 0. The minimum absolute atomic E-state index is 0.851. The zero-order chi connectivity index (χ0) is 10.1. The third-order valence-electron chi connectivity index (χ3n) is 0.911. The molecule has 1 aromatic rings. The van der Waals surface area contributed by atoms with Gasteiger partial charge in [-0.3, -0.25) is 0 Å². The van der Waals surface area contributed by atoms with Crippen molar-refractivity contribution in [2.75, 3.05) is 4.43 Å². The third-order valence-corrected chi connectivity index (χ3v) is 2.28. The van der Waals surface area contributed by atoms with Gasteiger partial charge in [0.25, 0.3) is 0 Å². The summed E-state index contributed by atoms with van der Waals surface area (Å²) in [7, 11) is 0. The summed E-state index contributed by atoms with van der Waals surface area (Å²) in [5, 5.41) is 0. The molecule has 0 bridgehead atoms. The second-order valence-corrected chi connectivity index (χ2v) is 4.90. The molecule has 0 amide bonds. The smallest absolute Gasteiger partial charge is 0.142 e. The summed E-state index contributed by atoms with van der Waals surface area (Å²) in [5.41, 5.74) is 0. The summed E-state index contributed by atoms with van der Waals surface area (Å²) in [4.78, 5) is 12.1. The van der Waals surface area contributed by atoms with Gasteiger partial charge in [0, 0.05) is 0 Å². The fourth-order valence-electron chi connectivity index (χ4n) is 0.498. The van der Waals surface area contributed by atoms with Crippen LogP contribution in [0.5, 0.6) is 0 Å². The van der Waals surface area contributed by atoms with Gasteiger partial charge in [0.1, 0.15) is 18.0 Å². The molecule has 74 valence electrons. The number of halogens is 3. The lowest BCUT2D eigenvalue weighted by Gasteiger charge is -1.94. The fraction of sp³-hybridized carbons (Fsp3) is 0.571. The Morgan fingerprint density at radius 3 is 1.77 bits per heavy atom. The molecule has 0 aliphatic rings. The normalized spacial score (nSPS) is 8.92. The van der Waals surface area contributed by atoms with Crippen LogP contribution in [0.1, 0.15) is 18.6 Å². The number of hydrogen-bond acceptors (Lipinski definition) is 3. The molecule has 0 saturated carbocycles. The molecule has 3 nitrogen and oxygen atoms in total. The highest BCUT2D eigenvalue weighted by molar-refractivity contribution is 14.1. The van der Waals surface area contributed by atoms with Crippen LogP contribution >= 0.6 is 67.8 Å². The Hall–Kier alpha value is 1.20. The molecule has 0 N–H and O–H groups in total. The second-order valence-electron chi connectivity index (χ2n) is 1.85. The van der Waals surface area contributed by atoms with Crippen LogP contribution in [0.2, 0.25) is 0 Å². The van der Waals surface area contributed by atoms with Crippen molar-refractivity contribution in [3.05, 3.63) is 18.0 Å². The van der Waals surface area contributed by atoms with E-state index >= 15 is 0 Å². The molecule has 1 rings (SSSR count). The molecule has 6 heteroatoms.